The summed E-state index contributed by atoms with van der Waals surface area (Å²) in [7, 11) is 3.68. The number of amides is 1. The molecule has 0 saturated carbocycles. The Morgan fingerprint density at radius 3 is 2.14 bits per heavy atom. The van der Waals surface area contributed by atoms with Crippen LogP contribution in [0.1, 0.15) is 51.3 Å². The van der Waals surface area contributed by atoms with Gasteiger partial charge in [-0.15, -0.1) is 0 Å². The molecule has 6 rings (SSSR count). The molecular weight excluding hydrogens is 675 g/mol. The van der Waals surface area contributed by atoms with E-state index in [1.807, 2.05) is 123 Å². The molecule has 5 nitrogen and oxygen atoms in total. The first-order valence-electron chi connectivity index (χ1n) is 17.5. The highest BCUT2D eigenvalue weighted by Gasteiger charge is 2.68. The van der Waals surface area contributed by atoms with Crippen molar-refractivity contribution in [1.29, 1.82) is 0 Å². The molecule has 2 N–H and O–H groups in total. The molecule has 1 aliphatic rings. The average Bonchev–Trinajstić information content (AvgIpc) is 3.58. The van der Waals surface area contributed by atoms with Crippen LogP contribution in [0.4, 0.5) is 0 Å². The van der Waals surface area contributed by atoms with Gasteiger partial charge >= 0.3 is 5.97 Å². The van der Waals surface area contributed by atoms with E-state index >= 15 is 4.79 Å². The highest BCUT2D eigenvalue weighted by Crippen LogP contribution is 2.60. The molecular formula is C44H44Cl2N2O3. The van der Waals surface area contributed by atoms with Gasteiger partial charge in [-0.3, -0.25) is 9.59 Å². The van der Waals surface area contributed by atoms with Crippen LogP contribution in [0.15, 0.2) is 127 Å². The zero-order valence-corrected chi connectivity index (χ0v) is 30.8. The monoisotopic (exact) mass is 718 g/mol. The van der Waals surface area contributed by atoms with E-state index in [0.717, 1.165) is 34.2 Å². The molecule has 5 aromatic carbocycles. The summed E-state index contributed by atoms with van der Waals surface area (Å²) in [5.41, 5.74) is 2.67. The third-order valence-electron chi connectivity index (χ3n) is 10.8. The second-order valence-electron chi connectivity index (χ2n) is 13.8. The first-order chi connectivity index (χ1) is 24.6. The Balaban J connectivity index is 1.65. The molecule has 0 heterocycles. The topological polar surface area (TPSA) is 69.6 Å². The number of hydrogen-bond donors (Lipinski definition) is 2. The summed E-state index contributed by atoms with van der Waals surface area (Å²) in [5, 5.41) is 16.5. The van der Waals surface area contributed by atoms with Crippen molar-refractivity contribution in [3.63, 3.8) is 0 Å². The van der Waals surface area contributed by atoms with E-state index in [1.54, 1.807) is 18.0 Å². The lowest BCUT2D eigenvalue weighted by Crippen LogP contribution is -2.66. The van der Waals surface area contributed by atoms with Crippen LogP contribution in [0.2, 0.25) is 10.0 Å². The number of aryl methyl sites for hydroxylation is 2. The number of hydrogen-bond acceptors (Lipinski definition) is 3. The summed E-state index contributed by atoms with van der Waals surface area (Å²) < 4.78 is 0. The standard InChI is InChI=1S/C44H44Cl2N2O3/c1-30-17-19-32(20-18-30)28-43(42(50)51,34-12-5-4-6-13-34)44(39-15-9-10-16-40(39)46,38-26-23-33-11-7-8-14-37(33)38)41(49)48(3)29-36(47-2)27-31-21-24-35(45)25-22-31/h4-22,24-25,36,38,47H,23,26-29H2,1-3H3,(H,50,51)/t36-,38+,43?,44+/m1/s1. The van der Waals surface area contributed by atoms with E-state index in [1.165, 1.54) is 0 Å². The highest BCUT2D eigenvalue weighted by atomic mass is 35.5. The lowest BCUT2D eigenvalue weighted by Gasteiger charge is -2.53. The minimum atomic E-state index is -1.78. The predicted octanol–water partition coefficient (Wildman–Crippen LogP) is 8.82. The minimum absolute atomic E-state index is 0.0658. The largest absolute Gasteiger partial charge is 0.481 e. The number of carbonyl (C=O) groups is 2. The SMILES string of the molecule is CN[C@H](Cc1ccc(Cl)cc1)CN(C)C(=O)[C@@](c1ccccc1Cl)([C@H]1CCc2ccccc21)C(Cc1ccc(C)cc1)(C(=O)O)c1ccccc1. The van der Waals surface area contributed by atoms with Gasteiger partial charge in [0.25, 0.3) is 0 Å². The third-order valence-corrected chi connectivity index (χ3v) is 11.4. The Kier molecular flexibility index (Phi) is 11.0. The fourth-order valence-electron chi connectivity index (χ4n) is 8.40. The van der Waals surface area contributed by atoms with Gasteiger partial charge < -0.3 is 15.3 Å². The maximum absolute atomic E-state index is 16.2. The molecule has 0 aliphatic heterocycles. The van der Waals surface area contributed by atoms with Crippen LogP contribution in [-0.4, -0.2) is 48.6 Å². The van der Waals surface area contributed by atoms with Crippen molar-refractivity contribution in [3.05, 3.63) is 176 Å². The van der Waals surface area contributed by atoms with Gasteiger partial charge in [0.15, 0.2) is 0 Å². The smallest absolute Gasteiger partial charge is 0.315 e. The third kappa shape index (κ3) is 6.83. The summed E-state index contributed by atoms with van der Waals surface area (Å²) in [6.07, 6.45) is 2.01. The molecule has 0 aromatic heterocycles. The van der Waals surface area contributed by atoms with Gasteiger partial charge in [0.2, 0.25) is 5.91 Å². The van der Waals surface area contributed by atoms with Crippen LogP contribution in [0.25, 0.3) is 0 Å². The maximum atomic E-state index is 16.2. The molecule has 51 heavy (non-hydrogen) atoms. The van der Waals surface area contributed by atoms with E-state index in [2.05, 4.69) is 17.4 Å². The van der Waals surface area contributed by atoms with Crippen molar-refractivity contribution in [1.82, 2.24) is 10.2 Å². The van der Waals surface area contributed by atoms with Crippen LogP contribution in [0.5, 0.6) is 0 Å². The molecule has 0 saturated heterocycles. The number of benzene rings is 5. The first kappa shape index (κ1) is 36.4. The van der Waals surface area contributed by atoms with Gasteiger partial charge in [0.1, 0.15) is 10.8 Å². The van der Waals surface area contributed by atoms with Gasteiger partial charge in [0.05, 0.1) is 0 Å². The zero-order valence-electron chi connectivity index (χ0n) is 29.3. The highest BCUT2D eigenvalue weighted by molar-refractivity contribution is 6.32. The summed E-state index contributed by atoms with van der Waals surface area (Å²) >= 11 is 13.4. The molecule has 1 aliphatic carbocycles. The van der Waals surface area contributed by atoms with Crippen molar-refractivity contribution in [2.75, 3.05) is 20.6 Å². The molecule has 4 atom stereocenters. The number of nitrogens with zero attached hydrogens (tertiary/aromatic N) is 1. The summed E-state index contributed by atoms with van der Waals surface area (Å²) in [4.78, 5) is 32.7. The second-order valence-corrected chi connectivity index (χ2v) is 14.7. The van der Waals surface area contributed by atoms with Crippen molar-refractivity contribution in [3.8, 4) is 0 Å². The Morgan fingerprint density at radius 2 is 1.47 bits per heavy atom. The number of carboxylic acid groups (broad SMARTS) is 1. The van der Waals surface area contributed by atoms with Gasteiger partial charge in [0, 0.05) is 35.6 Å². The molecule has 5 aromatic rings. The van der Waals surface area contributed by atoms with E-state index < -0.39 is 22.7 Å². The van der Waals surface area contributed by atoms with Crippen LogP contribution < -0.4 is 5.32 Å². The fourth-order valence-corrected chi connectivity index (χ4v) is 8.81. The number of fused-ring (bicyclic) bond motifs is 1. The lowest BCUT2D eigenvalue weighted by molar-refractivity contribution is -0.157. The van der Waals surface area contributed by atoms with Crippen molar-refractivity contribution >= 4 is 35.1 Å². The normalized spacial score (nSPS) is 16.8. The Labute approximate surface area is 311 Å². The van der Waals surface area contributed by atoms with Crippen LogP contribution in [0, 0.1) is 6.92 Å². The van der Waals surface area contributed by atoms with Crippen molar-refractivity contribution in [2.45, 2.75) is 55.4 Å². The average molecular weight is 720 g/mol. The Bertz CT molecular complexity index is 1980. The van der Waals surface area contributed by atoms with Crippen LogP contribution >= 0.6 is 23.2 Å². The predicted molar refractivity (Wildman–Crippen MR) is 207 cm³/mol. The first-order valence-corrected chi connectivity index (χ1v) is 18.2. The number of aliphatic carboxylic acids is 1. The summed E-state index contributed by atoms with van der Waals surface area (Å²) in [6, 6.07) is 40.3. The molecule has 1 amide bonds. The van der Waals surface area contributed by atoms with Crippen molar-refractivity contribution in [2.24, 2.45) is 0 Å². The number of carbonyl (C=O) groups excluding carboxylic acids is 1. The maximum Gasteiger partial charge on any atom is 0.315 e. The minimum Gasteiger partial charge on any atom is -0.481 e. The van der Waals surface area contributed by atoms with Crippen LogP contribution in [-0.2, 0) is 39.7 Å². The Morgan fingerprint density at radius 1 is 0.843 bits per heavy atom. The van der Waals surface area contributed by atoms with E-state index in [4.69, 9.17) is 23.2 Å². The zero-order chi connectivity index (χ0) is 36.2. The molecule has 262 valence electrons. The number of nitrogens with one attached hydrogen (secondary N) is 1. The lowest BCUT2D eigenvalue weighted by atomic mass is 9.48. The van der Waals surface area contributed by atoms with Gasteiger partial charge in [-0.05, 0) is 91.2 Å². The molecule has 1 unspecified atom stereocenters. The second kappa shape index (κ2) is 15.4. The van der Waals surface area contributed by atoms with Crippen molar-refractivity contribution < 1.29 is 14.7 Å². The molecule has 0 radical (unpaired) electrons. The Hall–Kier alpha value is -4.42. The van der Waals surface area contributed by atoms with Gasteiger partial charge in [-0.1, -0.05) is 138 Å². The van der Waals surface area contributed by atoms with E-state index in [-0.39, 0.29) is 18.4 Å². The van der Waals surface area contributed by atoms with Gasteiger partial charge in [-0.2, -0.15) is 0 Å². The molecule has 0 fully saturated rings. The molecule has 0 spiro atoms. The molecule has 7 heteroatoms. The number of carboxylic acids is 1. The number of rotatable bonds is 13. The van der Waals surface area contributed by atoms with E-state index in [0.29, 0.717) is 40.6 Å². The number of likely N-dealkylation sites (N-methyl/N-ethyl adjacent to an activating group) is 2. The number of halogens is 2. The quantitative estimate of drug-likeness (QED) is 0.128. The van der Waals surface area contributed by atoms with Crippen LogP contribution in [0.3, 0.4) is 0 Å². The van der Waals surface area contributed by atoms with E-state index in [9.17, 15) is 9.90 Å². The summed E-state index contributed by atoms with van der Waals surface area (Å²) in [5.74, 6) is -1.87. The van der Waals surface area contributed by atoms with Gasteiger partial charge in [-0.25, -0.2) is 0 Å². The molecule has 0 bridgehead atoms. The summed E-state index contributed by atoms with van der Waals surface area (Å²) in [6.45, 7) is 2.34. The fraction of sp³-hybridized carbons (Fsp3) is 0.273.